The van der Waals surface area contributed by atoms with Crippen molar-refractivity contribution in [2.75, 3.05) is 17.8 Å². The number of anilines is 1. The van der Waals surface area contributed by atoms with Gasteiger partial charge in [-0.2, -0.15) is 17.8 Å². The quantitative estimate of drug-likeness (QED) is 0.504. The molecule has 1 aromatic rings. The molecule has 1 aliphatic heterocycles. The number of rotatable bonds is 4. The predicted molar refractivity (Wildman–Crippen MR) is 67.6 cm³/mol. The zero-order chi connectivity index (χ0) is 13.3. The standard InChI is InChI=1S/C9H16N6O2S/c1-14-9(7(6-12-14)8(10)11)13-18(16,17)15-4-2-3-5-15/h6,13H,2-5H2,1H3,(H3,10,11). The normalized spacial score (nSPS) is 16.9. The van der Waals surface area contributed by atoms with Gasteiger partial charge in [0.25, 0.3) is 0 Å². The lowest BCUT2D eigenvalue weighted by atomic mass is 10.3. The zero-order valence-corrected chi connectivity index (χ0v) is 10.9. The molecule has 0 saturated carbocycles. The average Bonchev–Trinajstić information content (AvgIpc) is 2.89. The van der Waals surface area contributed by atoms with Crippen molar-refractivity contribution in [3.8, 4) is 0 Å². The molecule has 2 rings (SSSR count). The van der Waals surface area contributed by atoms with E-state index in [1.807, 2.05) is 0 Å². The van der Waals surface area contributed by atoms with E-state index in [0.29, 0.717) is 13.1 Å². The first-order chi connectivity index (χ1) is 8.42. The van der Waals surface area contributed by atoms with E-state index in [0.717, 1.165) is 12.8 Å². The van der Waals surface area contributed by atoms with Crippen molar-refractivity contribution in [1.82, 2.24) is 14.1 Å². The first-order valence-electron chi connectivity index (χ1n) is 5.56. The molecule has 4 N–H and O–H groups in total. The number of hydrogen-bond donors (Lipinski definition) is 3. The molecule has 1 aliphatic rings. The van der Waals surface area contributed by atoms with Crippen LogP contribution in [-0.2, 0) is 17.3 Å². The molecular weight excluding hydrogens is 256 g/mol. The maximum Gasteiger partial charge on any atom is 0.302 e. The largest absolute Gasteiger partial charge is 0.384 e. The van der Waals surface area contributed by atoms with Crippen molar-refractivity contribution < 1.29 is 8.42 Å². The van der Waals surface area contributed by atoms with Crippen molar-refractivity contribution in [3.05, 3.63) is 11.8 Å². The van der Waals surface area contributed by atoms with Gasteiger partial charge in [-0.25, -0.2) is 0 Å². The Morgan fingerprint density at radius 1 is 1.50 bits per heavy atom. The van der Waals surface area contributed by atoms with Crippen molar-refractivity contribution in [2.24, 2.45) is 12.8 Å². The smallest absolute Gasteiger partial charge is 0.302 e. The van der Waals surface area contributed by atoms with Crippen LogP contribution in [0.2, 0.25) is 0 Å². The van der Waals surface area contributed by atoms with Gasteiger partial charge in [-0.3, -0.25) is 14.8 Å². The van der Waals surface area contributed by atoms with Crippen molar-refractivity contribution in [1.29, 1.82) is 5.41 Å². The van der Waals surface area contributed by atoms with Crippen LogP contribution in [0, 0.1) is 5.41 Å². The molecule has 0 unspecified atom stereocenters. The number of hydrogen-bond acceptors (Lipinski definition) is 4. The molecule has 0 aliphatic carbocycles. The van der Waals surface area contributed by atoms with Crippen LogP contribution in [-0.4, -0.2) is 41.4 Å². The van der Waals surface area contributed by atoms with Gasteiger partial charge in [0.2, 0.25) is 0 Å². The fraction of sp³-hybridized carbons (Fsp3) is 0.556. The Morgan fingerprint density at radius 3 is 2.67 bits per heavy atom. The van der Waals surface area contributed by atoms with Gasteiger partial charge in [-0.1, -0.05) is 0 Å². The summed E-state index contributed by atoms with van der Waals surface area (Å²) in [6.45, 7) is 1.03. The monoisotopic (exact) mass is 272 g/mol. The lowest BCUT2D eigenvalue weighted by molar-refractivity contribution is 0.482. The minimum atomic E-state index is -3.59. The first-order valence-corrected chi connectivity index (χ1v) is 7.00. The van der Waals surface area contributed by atoms with Crippen molar-refractivity contribution in [3.63, 3.8) is 0 Å². The van der Waals surface area contributed by atoms with Crippen LogP contribution in [0.15, 0.2) is 6.20 Å². The molecule has 0 spiro atoms. The third-order valence-corrected chi connectivity index (χ3v) is 4.36. The van der Waals surface area contributed by atoms with E-state index in [1.165, 1.54) is 15.2 Å². The molecule has 0 bridgehead atoms. The van der Waals surface area contributed by atoms with Crippen LogP contribution < -0.4 is 10.5 Å². The molecule has 1 saturated heterocycles. The second-order valence-electron chi connectivity index (χ2n) is 4.16. The van der Waals surface area contributed by atoms with E-state index in [4.69, 9.17) is 11.1 Å². The number of nitrogens with two attached hydrogens (primary N) is 1. The van der Waals surface area contributed by atoms with Gasteiger partial charge in [0.15, 0.2) is 0 Å². The number of nitrogens with one attached hydrogen (secondary N) is 2. The van der Waals surface area contributed by atoms with Gasteiger partial charge in [-0.05, 0) is 12.8 Å². The Hall–Kier alpha value is -1.61. The van der Waals surface area contributed by atoms with E-state index >= 15 is 0 Å². The molecule has 100 valence electrons. The molecule has 0 amide bonds. The molecule has 0 atom stereocenters. The summed E-state index contributed by atoms with van der Waals surface area (Å²) in [6, 6.07) is 0. The SMILES string of the molecule is Cn1ncc(C(=N)N)c1NS(=O)(=O)N1CCCC1. The average molecular weight is 272 g/mol. The second-order valence-corrected chi connectivity index (χ2v) is 5.83. The summed E-state index contributed by atoms with van der Waals surface area (Å²) in [4.78, 5) is 0. The highest BCUT2D eigenvalue weighted by Crippen LogP contribution is 2.19. The summed E-state index contributed by atoms with van der Waals surface area (Å²) in [6.07, 6.45) is 3.10. The number of aromatic nitrogens is 2. The summed E-state index contributed by atoms with van der Waals surface area (Å²) in [5.74, 6) is -0.00313. The fourth-order valence-electron chi connectivity index (χ4n) is 1.87. The van der Waals surface area contributed by atoms with E-state index in [9.17, 15) is 8.42 Å². The number of amidine groups is 1. The van der Waals surface area contributed by atoms with Crippen molar-refractivity contribution in [2.45, 2.75) is 12.8 Å². The summed E-state index contributed by atoms with van der Waals surface area (Å²) >= 11 is 0. The van der Waals surface area contributed by atoms with E-state index in [2.05, 4.69) is 9.82 Å². The Kier molecular flexibility index (Phi) is 3.26. The predicted octanol–water partition coefficient (Wildman–Crippen LogP) is -0.543. The van der Waals surface area contributed by atoms with E-state index < -0.39 is 10.2 Å². The van der Waals surface area contributed by atoms with Crippen LogP contribution in [0.4, 0.5) is 5.82 Å². The van der Waals surface area contributed by atoms with Crippen LogP contribution in [0.25, 0.3) is 0 Å². The summed E-state index contributed by atoms with van der Waals surface area (Å²) in [5, 5.41) is 11.3. The minimum Gasteiger partial charge on any atom is -0.384 e. The zero-order valence-electron chi connectivity index (χ0n) is 10.0. The Morgan fingerprint density at radius 2 is 2.11 bits per heavy atom. The molecule has 1 aromatic heterocycles. The van der Waals surface area contributed by atoms with Gasteiger partial charge >= 0.3 is 10.2 Å². The van der Waals surface area contributed by atoms with Gasteiger partial charge < -0.3 is 5.73 Å². The highest BCUT2D eigenvalue weighted by atomic mass is 32.2. The Labute approximate surface area is 105 Å². The summed E-state index contributed by atoms with van der Waals surface area (Å²) in [5.41, 5.74) is 5.66. The van der Waals surface area contributed by atoms with Gasteiger partial charge in [-0.15, -0.1) is 0 Å². The molecular formula is C9H16N6O2S. The number of nitrogens with zero attached hydrogens (tertiary/aromatic N) is 3. The minimum absolute atomic E-state index is 0.217. The third-order valence-electron chi connectivity index (χ3n) is 2.86. The van der Waals surface area contributed by atoms with Crippen LogP contribution >= 0.6 is 0 Å². The number of aryl methyl sites for hydroxylation is 1. The van der Waals surface area contributed by atoms with Crippen LogP contribution in [0.1, 0.15) is 18.4 Å². The molecule has 2 heterocycles. The molecule has 9 heteroatoms. The Bertz CT molecular complexity index is 558. The van der Waals surface area contributed by atoms with Crippen LogP contribution in [0.5, 0.6) is 0 Å². The lowest BCUT2D eigenvalue weighted by Crippen LogP contribution is -2.34. The number of nitrogen functional groups attached to an aromatic ring is 1. The molecule has 8 nitrogen and oxygen atoms in total. The Balaban J connectivity index is 2.28. The topological polar surface area (TPSA) is 117 Å². The third kappa shape index (κ3) is 2.31. The maximum absolute atomic E-state index is 12.1. The second kappa shape index (κ2) is 4.58. The van der Waals surface area contributed by atoms with Gasteiger partial charge in [0.05, 0.1) is 11.8 Å². The highest BCUT2D eigenvalue weighted by Gasteiger charge is 2.27. The molecule has 18 heavy (non-hydrogen) atoms. The van der Waals surface area contributed by atoms with Crippen LogP contribution in [0.3, 0.4) is 0 Å². The van der Waals surface area contributed by atoms with Gasteiger partial charge in [0, 0.05) is 20.1 Å². The molecule has 0 aromatic carbocycles. The van der Waals surface area contributed by atoms with E-state index in [-0.39, 0.29) is 17.2 Å². The highest BCUT2D eigenvalue weighted by molar-refractivity contribution is 7.90. The maximum atomic E-state index is 12.1. The summed E-state index contributed by atoms with van der Waals surface area (Å²) < 4.78 is 29.3. The molecule has 1 fully saturated rings. The first kappa shape index (κ1) is 12.8. The van der Waals surface area contributed by atoms with Crippen molar-refractivity contribution >= 4 is 21.9 Å². The van der Waals surface area contributed by atoms with Gasteiger partial charge in [0.1, 0.15) is 11.7 Å². The summed E-state index contributed by atoms with van der Waals surface area (Å²) in [7, 11) is -2.00. The van der Waals surface area contributed by atoms with E-state index in [1.54, 1.807) is 7.05 Å². The molecule has 0 radical (unpaired) electrons. The lowest BCUT2D eigenvalue weighted by Gasteiger charge is -2.17. The fourth-order valence-corrected chi connectivity index (χ4v) is 3.23.